The Labute approximate surface area is 278 Å². The SMILES string of the molecule is C/C=C(\C=C/C(C)c1ccc(N(c2ccccc2)c2ccc3ccccc3c2)cc1)N(c1ccccc1)c1ccc2ccccc2c1. The first-order chi connectivity index (χ1) is 23.2. The predicted octanol–water partition coefficient (Wildman–Crippen LogP) is 12.9. The molecular formula is C45H38N2. The molecule has 0 saturated heterocycles. The Morgan fingerprint density at radius 1 is 0.468 bits per heavy atom. The molecule has 228 valence electrons. The summed E-state index contributed by atoms with van der Waals surface area (Å²) in [6.45, 7) is 4.38. The Hall–Kier alpha value is -5.86. The smallest absolute Gasteiger partial charge is 0.0468 e. The van der Waals surface area contributed by atoms with Crippen molar-refractivity contribution in [1.29, 1.82) is 0 Å². The van der Waals surface area contributed by atoms with E-state index >= 15 is 0 Å². The first kappa shape index (κ1) is 29.8. The number of anilines is 5. The molecule has 0 fully saturated rings. The highest BCUT2D eigenvalue weighted by atomic mass is 15.1. The van der Waals surface area contributed by atoms with Crippen molar-refractivity contribution in [2.75, 3.05) is 9.80 Å². The van der Waals surface area contributed by atoms with E-state index in [0.717, 1.165) is 34.1 Å². The number of benzene rings is 7. The van der Waals surface area contributed by atoms with Crippen LogP contribution in [0.15, 0.2) is 194 Å². The molecule has 2 nitrogen and oxygen atoms in total. The van der Waals surface area contributed by atoms with Gasteiger partial charge < -0.3 is 9.80 Å². The molecule has 0 radical (unpaired) electrons. The van der Waals surface area contributed by atoms with Gasteiger partial charge in [0.25, 0.3) is 0 Å². The van der Waals surface area contributed by atoms with E-state index in [0.29, 0.717) is 0 Å². The van der Waals surface area contributed by atoms with Gasteiger partial charge in [0.15, 0.2) is 0 Å². The van der Waals surface area contributed by atoms with Gasteiger partial charge in [-0.15, -0.1) is 0 Å². The van der Waals surface area contributed by atoms with Crippen molar-refractivity contribution in [3.05, 3.63) is 199 Å². The van der Waals surface area contributed by atoms with Gasteiger partial charge in [-0.2, -0.15) is 0 Å². The van der Waals surface area contributed by atoms with Crippen LogP contribution >= 0.6 is 0 Å². The Bertz CT molecular complexity index is 2160. The molecule has 2 heteroatoms. The highest BCUT2D eigenvalue weighted by molar-refractivity contribution is 5.90. The van der Waals surface area contributed by atoms with E-state index in [1.54, 1.807) is 0 Å². The first-order valence-electron chi connectivity index (χ1n) is 16.3. The number of rotatable bonds is 9. The minimum atomic E-state index is 0.221. The van der Waals surface area contributed by atoms with E-state index < -0.39 is 0 Å². The number of para-hydroxylation sites is 2. The van der Waals surface area contributed by atoms with Crippen molar-refractivity contribution in [3.8, 4) is 0 Å². The fourth-order valence-electron chi connectivity index (χ4n) is 6.26. The van der Waals surface area contributed by atoms with Crippen LogP contribution in [0.3, 0.4) is 0 Å². The Morgan fingerprint density at radius 2 is 0.936 bits per heavy atom. The van der Waals surface area contributed by atoms with Gasteiger partial charge >= 0.3 is 0 Å². The number of hydrogen-bond donors (Lipinski definition) is 0. The fraction of sp³-hybridized carbons (Fsp3) is 0.0667. The lowest BCUT2D eigenvalue weighted by Crippen LogP contribution is -2.15. The molecule has 1 unspecified atom stereocenters. The summed E-state index contributed by atoms with van der Waals surface area (Å²) in [5, 5.41) is 4.94. The van der Waals surface area contributed by atoms with Gasteiger partial charge in [-0.05, 0) is 107 Å². The molecule has 47 heavy (non-hydrogen) atoms. The van der Waals surface area contributed by atoms with Crippen molar-refractivity contribution >= 4 is 50.0 Å². The molecule has 7 aromatic carbocycles. The number of allylic oxidation sites excluding steroid dienone is 3. The molecular weight excluding hydrogens is 569 g/mol. The zero-order valence-corrected chi connectivity index (χ0v) is 26.9. The van der Waals surface area contributed by atoms with Crippen LogP contribution in [0.1, 0.15) is 25.3 Å². The van der Waals surface area contributed by atoms with Crippen molar-refractivity contribution < 1.29 is 0 Å². The molecule has 0 aliphatic rings. The second-order valence-electron chi connectivity index (χ2n) is 11.9. The molecule has 0 spiro atoms. The van der Waals surface area contributed by atoms with E-state index in [1.807, 2.05) is 0 Å². The van der Waals surface area contributed by atoms with Crippen LogP contribution in [0.2, 0.25) is 0 Å². The lowest BCUT2D eigenvalue weighted by molar-refractivity contribution is 0.963. The molecule has 7 aromatic rings. The van der Waals surface area contributed by atoms with Gasteiger partial charge in [0.2, 0.25) is 0 Å². The number of hydrogen-bond acceptors (Lipinski definition) is 2. The molecule has 0 bridgehead atoms. The molecule has 7 rings (SSSR count). The normalized spacial score (nSPS) is 12.4. The largest absolute Gasteiger partial charge is 0.311 e. The fourth-order valence-corrected chi connectivity index (χ4v) is 6.26. The molecule has 0 aliphatic heterocycles. The Morgan fingerprint density at radius 3 is 1.53 bits per heavy atom. The lowest BCUT2D eigenvalue weighted by Gasteiger charge is -2.27. The van der Waals surface area contributed by atoms with E-state index in [1.165, 1.54) is 27.1 Å². The first-order valence-corrected chi connectivity index (χ1v) is 16.3. The standard InChI is InChI=1S/C45H38N2/c1-3-40(46(41-18-6-4-7-19-41)44-30-25-36-14-10-12-16-38(36)32-44)27-22-34(2)35-23-28-43(29-24-35)47(42-20-8-5-9-21-42)45-31-26-37-15-11-13-17-39(37)33-45/h3-34H,1-2H3/b27-22-,40-3+. The van der Waals surface area contributed by atoms with Gasteiger partial charge in [0, 0.05) is 34.1 Å². The van der Waals surface area contributed by atoms with E-state index in [9.17, 15) is 0 Å². The van der Waals surface area contributed by atoms with Crippen molar-refractivity contribution in [3.63, 3.8) is 0 Å². The molecule has 1 atom stereocenters. The topological polar surface area (TPSA) is 6.48 Å². The average molecular weight is 607 g/mol. The summed E-state index contributed by atoms with van der Waals surface area (Å²) in [4.78, 5) is 4.66. The maximum absolute atomic E-state index is 2.33. The molecule has 0 aromatic heterocycles. The number of fused-ring (bicyclic) bond motifs is 2. The maximum Gasteiger partial charge on any atom is 0.0468 e. The third-order valence-electron chi connectivity index (χ3n) is 8.80. The van der Waals surface area contributed by atoms with E-state index in [4.69, 9.17) is 0 Å². The van der Waals surface area contributed by atoms with Gasteiger partial charge in [0.1, 0.15) is 0 Å². The highest BCUT2D eigenvalue weighted by Gasteiger charge is 2.15. The zero-order valence-electron chi connectivity index (χ0n) is 26.9. The summed E-state index contributed by atoms with van der Waals surface area (Å²) in [6.07, 6.45) is 6.75. The maximum atomic E-state index is 2.33. The Kier molecular flexibility index (Phi) is 8.66. The highest BCUT2D eigenvalue weighted by Crippen LogP contribution is 2.37. The third kappa shape index (κ3) is 6.45. The summed E-state index contributed by atoms with van der Waals surface area (Å²) in [5.74, 6) is 0.221. The second kappa shape index (κ2) is 13.6. The van der Waals surface area contributed by atoms with Crippen molar-refractivity contribution in [1.82, 2.24) is 0 Å². The summed E-state index contributed by atoms with van der Waals surface area (Å²) in [5.41, 5.74) is 8.07. The van der Waals surface area contributed by atoms with Crippen LogP contribution in [0, 0.1) is 0 Å². The average Bonchev–Trinajstić information content (AvgIpc) is 3.14. The predicted molar refractivity (Wildman–Crippen MR) is 202 cm³/mol. The number of nitrogens with zero attached hydrogens (tertiary/aromatic N) is 2. The van der Waals surface area contributed by atoms with Gasteiger partial charge in [-0.25, -0.2) is 0 Å². The second-order valence-corrected chi connectivity index (χ2v) is 11.9. The molecule has 0 saturated carbocycles. The minimum absolute atomic E-state index is 0.221. The van der Waals surface area contributed by atoms with Crippen molar-refractivity contribution in [2.45, 2.75) is 19.8 Å². The molecule has 0 aliphatic carbocycles. The molecule has 0 heterocycles. The van der Waals surface area contributed by atoms with Crippen LogP contribution in [0.5, 0.6) is 0 Å². The lowest BCUT2D eigenvalue weighted by atomic mass is 9.99. The van der Waals surface area contributed by atoms with Gasteiger partial charge in [-0.1, -0.05) is 128 Å². The Balaban J connectivity index is 1.18. The zero-order chi connectivity index (χ0) is 32.0. The summed E-state index contributed by atoms with van der Waals surface area (Å²) in [6, 6.07) is 60.6. The van der Waals surface area contributed by atoms with Crippen molar-refractivity contribution in [2.24, 2.45) is 0 Å². The van der Waals surface area contributed by atoms with E-state index in [2.05, 4.69) is 212 Å². The van der Waals surface area contributed by atoms with Gasteiger partial charge in [0.05, 0.1) is 0 Å². The van der Waals surface area contributed by atoms with Crippen LogP contribution in [0.25, 0.3) is 21.5 Å². The molecule has 0 N–H and O–H groups in total. The summed E-state index contributed by atoms with van der Waals surface area (Å²) >= 11 is 0. The van der Waals surface area contributed by atoms with Crippen LogP contribution in [-0.2, 0) is 0 Å². The summed E-state index contributed by atoms with van der Waals surface area (Å²) in [7, 11) is 0. The van der Waals surface area contributed by atoms with Crippen LogP contribution in [0.4, 0.5) is 28.4 Å². The minimum Gasteiger partial charge on any atom is -0.311 e. The quantitative estimate of drug-likeness (QED) is 0.151. The molecule has 0 amide bonds. The van der Waals surface area contributed by atoms with Crippen LogP contribution < -0.4 is 9.80 Å². The van der Waals surface area contributed by atoms with Crippen LogP contribution in [-0.4, -0.2) is 0 Å². The van der Waals surface area contributed by atoms with Gasteiger partial charge in [-0.3, -0.25) is 0 Å². The van der Waals surface area contributed by atoms with E-state index in [-0.39, 0.29) is 5.92 Å². The third-order valence-corrected chi connectivity index (χ3v) is 8.80. The summed E-state index contributed by atoms with van der Waals surface area (Å²) < 4.78 is 0. The monoisotopic (exact) mass is 606 g/mol.